The Morgan fingerprint density at radius 1 is 1.42 bits per heavy atom. The maximum atomic E-state index is 6.04. The monoisotopic (exact) mass is 389 g/mol. The number of ether oxygens (including phenoxy) is 1. The third-order valence-corrected chi connectivity index (χ3v) is 3.19. The zero-order valence-corrected chi connectivity index (χ0v) is 13.3. The van der Waals surface area contributed by atoms with Crippen molar-refractivity contribution in [3.05, 3.63) is 39.1 Å². The quantitative estimate of drug-likeness (QED) is 0.772. The van der Waals surface area contributed by atoms with Gasteiger partial charge in [-0.2, -0.15) is 4.98 Å². The summed E-state index contributed by atoms with van der Waals surface area (Å²) in [4.78, 5) is 8.36. The number of nitrogens with zero attached hydrogens (tertiary/aromatic N) is 2. The van der Waals surface area contributed by atoms with Crippen LogP contribution in [-0.2, 0) is 0 Å². The molecule has 0 atom stereocenters. The summed E-state index contributed by atoms with van der Waals surface area (Å²) in [5.41, 5.74) is 0. The third kappa shape index (κ3) is 4.21. The number of hydrogen-bond donors (Lipinski definition) is 1. The molecule has 0 fully saturated rings. The Hall–Kier alpha value is -1.08. The predicted octanol–water partition coefficient (Wildman–Crippen LogP) is 4.35. The average molecular weight is 390 g/mol. The van der Waals surface area contributed by atoms with Gasteiger partial charge in [0.25, 0.3) is 0 Å². The van der Waals surface area contributed by atoms with Gasteiger partial charge >= 0.3 is 0 Å². The van der Waals surface area contributed by atoms with Crippen LogP contribution in [0.15, 0.2) is 30.5 Å². The Kier molecular flexibility index (Phi) is 5.21. The van der Waals surface area contributed by atoms with Crippen LogP contribution in [0.25, 0.3) is 0 Å². The minimum absolute atomic E-state index is 0.359. The first kappa shape index (κ1) is 14.3. The van der Waals surface area contributed by atoms with E-state index in [9.17, 15) is 0 Å². The van der Waals surface area contributed by atoms with Crippen molar-refractivity contribution in [2.24, 2.45) is 0 Å². The van der Waals surface area contributed by atoms with Crippen molar-refractivity contribution in [2.75, 3.05) is 11.9 Å². The van der Waals surface area contributed by atoms with E-state index in [-0.39, 0.29) is 0 Å². The molecule has 0 spiro atoms. The molecule has 6 heteroatoms. The molecule has 0 aliphatic carbocycles. The normalized spacial score (nSPS) is 10.3. The lowest BCUT2D eigenvalue weighted by atomic mass is 10.3. The lowest BCUT2D eigenvalue weighted by Crippen LogP contribution is -2.04. The van der Waals surface area contributed by atoms with Gasteiger partial charge in [0, 0.05) is 10.1 Å². The van der Waals surface area contributed by atoms with Crippen LogP contribution in [0, 0.1) is 3.57 Å². The van der Waals surface area contributed by atoms with Crippen molar-refractivity contribution in [1.82, 2.24) is 9.97 Å². The molecule has 19 heavy (non-hydrogen) atoms. The number of anilines is 1. The van der Waals surface area contributed by atoms with Crippen LogP contribution in [0.5, 0.6) is 11.6 Å². The number of hydrogen-bond acceptors (Lipinski definition) is 4. The Morgan fingerprint density at radius 2 is 2.26 bits per heavy atom. The maximum absolute atomic E-state index is 6.04. The third-order valence-electron chi connectivity index (χ3n) is 2.26. The fourth-order valence-corrected chi connectivity index (χ4v) is 2.03. The van der Waals surface area contributed by atoms with Crippen LogP contribution < -0.4 is 10.1 Å². The first-order chi connectivity index (χ1) is 9.19. The second-order valence-corrected chi connectivity index (χ2v) is 5.49. The van der Waals surface area contributed by atoms with Gasteiger partial charge in [0.1, 0.15) is 10.8 Å². The van der Waals surface area contributed by atoms with Gasteiger partial charge in [0.15, 0.2) is 0 Å². The van der Waals surface area contributed by atoms with E-state index in [0.717, 1.165) is 16.5 Å². The molecule has 2 rings (SSSR count). The van der Waals surface area contributed by atoms with Gasteiger partial charge in [-0.25, -0.2) is 4.98 Å². The fourth-order valence-electron chi connectivity index (χ4n) is 1.39. The molecule has 2 aromatic rings. The van der Waals surface area contributed by atoms with Gasteiger partial charge in [0.2, 0.25) is 11.8 Å². The number of nitrogens with one attached hydrogen (secondary N) is 1. The van der Waals surface area contributed by atoms with E-state index in [0.29, 0.717) is 22.6 Å². The van der Waals surface area contributed by atoms with Crippen LogP contribution in [0.4, 0.5) is 5.95 Å². The molecule has 0 aliphatic rings. The first-order valence-electron chi connectivity index (χ1n) is 5.89. The van der Waals surface area contributed by atoms with Crippen molar-refractivity contribution in [1.29, 1.82) is 0 Å². The van der Waals surface area contributed by atoms with Gasteiger partial charge in [-0.15, -0.1) is 0 Å². The van der Waals surface area contributed by atoms with Crippen LogP contribution in [0.2, 0.25) is 5.02 Å². The summed E-state index contributed by atoms with van der Waals surface area (Å²) >= 11 is 8.26. The lowest BCUT2D eigenvalue weighted by Gasteiger charge is -2.09. The summed E-state index contributed by atoms with van der Waals surface area (Å²) in [6, 6.07) is 7.68. The van der Waals surface area contributed by atoms with E-state index in [1.54, 1.807) is 0 Å². The fraction of sp³-hybridized carbons (Fsp3) is 0.231. The van der Waals surface area contributed by atoms with E-state index in [1.807, 2.05) is 24.3 Å². The van der Waals surface area contributed by atoms with E-state index >= 15 is 0 Å². The van der Waals surface area contributed by atoms with Crippen molar-refractivity contribution in [2.45, 2.75) is 13.3 Å². The highest BCUT2D eigenvalue weighted by molar-refractivity contribution is 14.1. The molecule has 0 unspecified atom stereocenters. The standard InChI is InChI=1S/C13H13ClIN3O/c1-2-6-16-13-17-8-11(14)12(18-13)19-10-5-3-4-9(15)7-10/h3-5,7-8H,2,6H2,1H3,(H,16,17,18). The van der Waals surface area contributed by atoms with Crippen LogP contribution in [-0.4, -0.2) is 16.5 Å². The molecule has 1 aromatic carbocycles. The molecule has 0 radical (unpaired) electrons. The number of halogens is 2. The Bertz CT molecular complexity index is 565. The number of aromatic nitrogens is 2. The summed E-state index contributed by atoms with van der Waals surface area (Å²) in [5.74, 6) is 1.58. The highest BCUT2D eigenvalue weighted by Crippen LogP contribution is 2.28. The highest BCUT2D eigenvalue weighted by Gasteiger charge is 2.08. The average Bonchev–Trinajstić information content (AvgIpc) is 2.40. The first-order valence-corrected chi connectivity index (χ1v) is 7.34. The van der Waals surface area contributed by atoms with E-state index in [1.165, 1.54) is 6.20 Å². The number of rotatable bonds is 5. The largest absolute Gasteiger partial charge is 0.437 e. The molecule has 1 heterocycles. The second-order valence-electron chi connectivity index (χ2n) is 3.83. The van der Waals surface area contributed by atoms with Crippen LogP contribution >= 0.6 is 34.2 Å². The molecule has 0 aliphatic heterocycles. The summed E-state index contributed by atoms with van der Waals surface area (Å²) in [7, 11) is 0. The van der Waals surface area contributed by atoms with Crippen molar-refractivity contribution >= 4 is 40.1 Å². The molecule has 1 N–H and O–H groups in total. The predicted molar refractivity (Wildman–Crippen MR) is 85.1 cm³/mol. The van der Waals surface area contributed by atoms with Gasteiger partial charge in [0.05, 0.1) is 6.20 Å². The highest BCUT2D eigenvalue weighted by atomic mass is 127. The zero-order chi connectivity index (χ0) is 13.7. The minimum atomic E-state index is 0.359. The number of benzene rings is 1. The SMILES string of the molecule is CCCNc1ncc(Cl)c(Oc2cccc(I)c2)n1. The Labute approximate surface area is 130 Å². The minimum Gasteiger partial charge on any atom is -0.437 e. The Morgan fingerprint density at radius 3 is 3.00 bits per heavy atom. The van der Waals surface area contributed by atoms with Gasteiger partial charge in [-0.3, -0.25) is 0 Å². The molecule has 1 aromatic heterocycles. The van der Waals surface area contributed by atoms with Gasteiger partial charge in [-0.05, 0) is 47.2 Å². The molecule has 0 saturated carbocycles. The van der Waals surface area contributed by atoms with Crippen molar-refractivity contribution < 1.29 is 4.74 Å². The molecular formula is C13H13ClIN3O. The second kappa shape index (κ2) is 6.91. The molecule has 100 valence electrons. The summed E-state index contributed by atoms with van der Waals surface area (Å²) in [6.07, 6.45) is 2.54. The van der Waals surface area contributed by atoms with Crippen LogP contribution in [0.1, 0.15) is 13.3 Å². The van der Waals surface area contributed by atoms with E-state index in [2.05, 4.69) is 44.8 Å². The van der Waals surface area contributed by atoms with Crippen molar-refractivity contribution in [3.8, 4) is 11.6 Å². The smallest absolute Gasteiger partial charge is 0.243 e. The van der Waals surface area contributed by atoms with E-state index in [4.69, 9.17) is 16.3 Å². The molecule has 0 amide bonds. The summed E-state index contributed by atoms with van der Waals surface area (Å²) in [6.45, 7) is 2.89. The Balaban J connectivity index is 2.19. The molecular weight excluding hydrogens is 377 g/mol. The van der Waals surface area contributed by atoms with Gasteiger partial charge in [-0.1, -0.05) is 24.6 Å². The zero-order valence-electron chi connectivity index (χ0n) is 10.4. The molecule has 4 nitrogen and oxygen atoms in total. The summed E-state index contributed by atoms with van der Waals surface area (Å²) in [5, 5.41) is 3.49. The molecule has 0 saturated heterocycles. The maximum Gasteiger partial charge on any atom is 0.243 e. The molecule has 0 bridgehead atoms. The van der Waals surface area contributed by atoms with Gasteiger partial charge < -0.3 is 10.1 Å². The van der Waals surface area contributed by atoms with Crippen LogP contribution in [0.3, 0.4) is 0 Å². The lowest BCUT2D eigenvalue weighted by molar-refractivity contribution is 0.462. The topological polar surface area (TPSA) is 47.0 Å². The van der Waals surface area contributed by atoms with E-state index < -0.39 is 0 Å². The summed E-state index contributed by atoms with van der Waals surface area (Å²) < 4.78 is 6.77. The van der Waals surface area contributed by atoms with Crippen molar-refractivity contribution in [3.63, 3.8) is 0 Å².